The zero-order valence-electron chi connectivity index (χ0n) is 13.2. The van der Waals surface area contributed by atoms with Crippen molar-refractivity contribution in [2.75, 3.05) is 18.4 Å². The number of benzene rings is 1. The maximum Gasteiger partial charge on any atom is 0.240 e. The van der Waals surface area contributed by atoms with Crippen molar-refractivity contribution in [1.29, 1.82) is 0 Å². The predicted octanol–water partition coefficient (Wildman–Crippen LogP) is 3.23. The first-order chi connectivity index (χ1) is 11.5. The number of rotatable bonds is 3. The molecule has 2 amide bonds. The summed E-state index contributed by atoms with van der Waals surface area (Å²) < 4.78 is 40.0. The van der Waals surface area contributed by atoms with E-state index < -0.39 is 34.5 Å². The van der Waals surface area contributed by atoms with E-state index in [1.165, 1.54) is 0 Å². The smallest absolute Gasteiger partial charge is 0.240 e. The van der Waals surface area contributed by atoms with Crippen LogP contribution in [0.3, 0.4) is 0 Å². The summed E-state index contributed by atoms with van der Waals surface area (Å²) in [6, 6.07) is 1.70. The molecule has 1 saturated carbocycles. The second kappa shape index (κ2) is 6.45. The Hall–Kier alpha value is -2.05. The van der Waals surface area contributed by atoms with Crippen LogP contribution in [0.25, 0.3) is 0 Å². The van der Waals surface area contributed by atoms with E-state index in [0.29, 0.717) is 25.9 Å². The van der Waals surface area contributed by atoms with E-state index in [1.54, 1.807) is 4.90 Å². The number of hydrogen-bond acceptors (Lipinski definition) is 2. The molecule has 0 spiro atoms. The maximum absolute atomic E-state index is 13.7. The average molecular weight is 340 g/mol. The Morgan fingerprint density at radius 3 is 2.17 bits per heavy atom. The van der Waals surface area contributed by atoms with E-state index in [-0.39, 0.29) is 5.91 Å². The quantitative estimate of drug-likeness (QED) is 0.678. The third-order valence-corrected chi connectivity index (χ3v) is 4.77. The fourth-order valence-electron chi connectivity index (χ4n) is 3.10. The molecule has 0 bridgehead atoms. The van der Waals surface area contributed by atoms with Gasteiger partial charge in [-0.1, -0.05) is 12.8 Å². The third kappa shape index (κ3) is 2.99. The second-order valence-corrected chi connectivity index (χ2v) is 6.47. The van der Waals surface area contributed by atoms with Gasteiger partial charge in [-0.05, 0) is 37.8 Å². The van der Waals surface area contributed by atoms with Crippen molar-refractivity contribution in [3.05, 3.63) is 29.6 Å². The van der Waals surface area contributed by atoms with Gasteiger partial charge in [-0.2, -0.15) is 0 Å². The number of carbonyl (C=O) groups excluding carboxylic acids is 2. The van der Waals surface area contributed by atoms with Gasteiger partial charge in [0.25, 0.3) is 0 Å². The zero-order valence-corrected chi connectivity index (χ0v) is 13.2. The molecule has 130 valence electrons. The Labute approximate surface area is 138 Å². The molecule has 1 saturated heterocycles. The van der Waals surface area contributed by atoms with Gasteiger partial charge < -0.3 is 10.2 Å². The Balaban J connectivity index is 1.74. The highest BCUT2D eigenvalue weighted by Crippen LogP contribution is 2.48. The van der Waals surface area contributed by atoms with Crippen molar-refractivity contribution in [2.45, 2.75) is 38.5 Å². The van der Waals surface area contributed by atoms with E-state index in [2.05, 4.69) is 5.32 Å². The average Bonchev–Trinajstić information content (AvgIpc) is 3.39. The molecule has 1 heterocycles. The first kappa shape index (κ1) is 16.8. The van der Waals surface area contributed by atoms with Gasteiger partial charge in [0.1, 0.15) is 5.41 Å². The van der Waals surface area contributed by atoms with E-state index in [0.717, 1.165) is 37.8 Å². The Bertz CT molecular complexity index is 666. The first-order valence-electron chi connectivity index (χ1n) is 8.20. The molecule has 1 aromatic rings. The molecule has 3 rings (SSSR count). The lowest BCUT2D eigenvalue weighted by atomic mass is 10.0. The van der Waals surface area contributed by atoms with Gasteiger partial charge in [0.05, 0.1) is 5.69 Å². The highest BCUT2D eigenvalue weighted by Gasteiger charge is 2.58. The molecule has 1 aliphatic heterocycles. The van der Waals surface area contributed by atoms with Crippen LogP contribution in [-0.2, 0) is 9.59 Å². The van der Waals surface area contributed by atoms with Gasteiger partial charge in [-0.25, -0.2) is 13.2 Å². The number of carbonyl (C=O) groups is 2. The minimum atomic E-state index is -1.64. The summed E-state index contributed by atoms with van der Waals surface area (Å²) >= 11 is 0. The van der Waals surface area contributed by atoms with Crippen LogP contribution in [0.1, 0.15) is 38.5 Å². The molecule has 0 radical (unpaired) electrons. The second-order valence-electron chi connectivity index (χ2n) is 6.47. The van der Waals surface area contributed by atoms with Crippen molar-refractivity contribution >= 4 is 17.5 Å². The summed E-state index contributed by atoms with van der Waals surface area (Å²) in [5.41, 5.74) is -1.64. The van der Waals surface area contributed by atoms with Gasteiger partial charge in [-0.3, -0.25) is 9.59 Å². The van der Waals surface area contributed by atoms with Crippen LogP contribution >= 0.6 is 0 Å². The SMILES string of the molecule is O=C(Nc1ccc(F)c(F)c1F)C1(C(=O)N2CCCCCC2)CC1. The normalized spacial score (nSPS) is 19.5. The Kier molecular flexibility index (Phi) is 4.51. The first-order valence-corrected chi connectivity index (χ1v) is 8.20. The molecule has 0 atom stereocenters. The van der Waals surface area contributed by atoms with E-state index in [4.69, 9.17) is 0 Å². The fourth-order valence-corrected chi connectivity index (χ4v) is 3.10. The zero-order chi connectivity index (χ0) is 17.3. The summed E-state index contributed by atoms with van der Waals surface area (Å²) in [6.07, 6.45) is 4.70. The molecule has 1 aromatic carbocycles. The minimum Gasteiger partial charge on any atom is -0.342 e. The molecule has 1 N–H and O–H groups in total. The Morgan fingerprint density at radius 1 is 0.958 bits per heavy atom. The van der Waals surface area contributed by atoms with Crippen LogP contribution in [-0.4, -0.2) is 29.8 Å². The van der Waals surface area contributed by atoms with Crippen LogP contribution in [0.4, 0.5) is 18.9 Å². The molecule has 0 aromatic heterocycles. The van der Waals surface area contributed by atoms with Crippen molar-refractivity contribution in [3.8, 4) is 0 Å². The highest BCUT2D eigenvalue weighted by atomic mass is 19.2. The molecule has 24 heavy (non-hydrogen) atoms. The highest BCUT2D eigenvalue weighted by molar-refractivity contribution is 6.13. The van der Waals surface area contributed by atoms with Gasteiger partial charge >= 0.3 is 0 Å². The van der Waals surface area contributed by atoms with Crippen molar-refractivity contribution in [1.82, 2.24) is 4.90 Å². The van der Waals surface area contributed by atoms with Crippen molar-refractivity contribution < 1.29 is 22.8 Å². The van der Waals surface area contributed by atoms with E-state index in [1.807, 2.05) is 0 Å². The molecule has 2 aliphatic rings. The van der Waals surface area contributed by atoms with Crippen LogP contribution < -0.4 is 5.32 Å². The number of hydrogen-bond donors (Lipinski definition) is 1. The summed E-state index contributed by atoms with van der Waals surface area (Å²) in [5, 5.41) is 2.25. The molecule has 4 nitrogen and oxygen atoms in total. The fraction of sp³-hybridized carbons (Fsp3) is 0.529. The van der Waals surface area contributed by atoms with E-state index >= 15 is 0 Å². The number of amides is 2. The number of halogens is 3. The molecular weight excluding hydrogens is 321 g/mol. The number of nitrogens with one attached hydrogen (secondary N) is 1. The lowest BCUT2D eigenvalue weighted by Gasteiger charge is -2.25. The molecule has 7 heteroatoms. The largest absolute Gasteiger partial charge is 0.342 e. The number of anilines is 1. The third-order valence-electron chi connectivity index (χ3n) is 4.77. The summed E-state index contributed by atoms with van der Waals surface area (Å²) in [4.78, 5) is 26.9. The number of likely N-dealkylation sites (tertiary alicyclic amines) is 1. The van der Waals surface area contributed by atoms with Crippen LogP contribution in [0, 0.1) is 22.9 Å². The van der Waals surface area contributed by atoms with Crippen LogP contribution in [0.5, 0.6) is 0 Å². The molecule has 0 unspecified atom stereocenters. The van der Waals surface area contributed by atoms with E-state index in [9.17, 15) is 22.8 Å². The monoisotopic (exact) mass is 340 g/mol. The number of nitrogens with zero attached hydrogens (tertiary/aromatic N) is 1. The van der Waals surface area contributed by atoms with Crippen molar-refractivity contribution in [3.63, 3.8) is 0 Å². The van der Waals surface area contributed by atoms with Gasteiger partial charge in [0.15, 0.2) is 17.5 Å². The van der Waals surface area contributed by atoms with Crippen LogP contribution in [0.2, 0.25) is 0 Å². The lowest BCUT2D eigenvalue weighted by molar-refractivity contribution is -0.142. The topological polar surface area (TPSA) is 49.4 Å². The summed E-state index contributed by atoms with van der Waals surface area (Å²) in [6.45, 7) is 1.24. The van der Waals surface area contributed by atoms with Gasteiger partial charge in [-0.15, -0.1) is 0 Å². The summed E-state index contributed by atoms with van der Waals surface area (Å²) in [5.74, 6) is -5.32. The minimum absolute atomic E-state index is 0.245. The molecule has 2 fully saturated rings. The maximum atomic E-state index is 13.7. The lowest BCUT2D eigenvalue weighted by Crippen LogP contribution is -2.43. The van der Waals surface area contributed by atoms with Crippen molar-refractivity contribution in [2.24, 2.45) is 5.41 Å². The molecular formula is C17H19F3N2O2. The molecule has 1 aliphatic carbocycles. The predicted molar refractivity (Wildman–Crippen MR) is 81.7 cm³/mol. The Morgan fingerprint density at radius 2 is 1.58 bits per heavy atom. The summed E-state index contributed by atoms with van der Waals surface area (Å²) in [7, 11) is 0. The van der Waals surface area contributed by atoms with Gasteiger partial charge in [0, 0.05) is 13.1 Å². The van der Waals surface area contributed by atoms with Gasteiger partial charge in [0.2, 0.25) is 11.8 Å². The standard InChI is InChI=1S/C17H19F3N2O2/c18-11-5-6-12(14(20)13(11)19)21-15(23)17(7-8-17)16(24)22-9-3-1-2-4-10-22/h5-6H,1-4,7-10H2,(H,21,23). The van der Waals surface area contributed by atoms with Crippen LogP contribution in [0.15, 0.2) is 12.1 Å².